The van der Waals surface area contributed by atoms with Crippen molar-refractivity contribution in [2.75, 3.05) is 26.2 Å². The SMILES string of the molecule is CC1CC(C)CN(C(=O)COC(=O)CCNC(=O)C23CC4CC(CC(C4)C2)C3)C1. The Morgan fingerprint density at radius 1 is 0.931 bits per heavy atom. The molecule has 0 spiro atoms. The molecule has 6 nitrogen and oxygen atoms in total. The molecule has 4 aliphatic carbocycles. The molecule has 4 bridgehead atoms. The molecular weight excluding hydrogens is 368 g/mol. The minimum Gasteiger partial charge on any atom is -0.456 e. The molecule has 29 heavy (non-hydrogen) atoms. The molecule has 6 heteroatoms. The Morgan fingerprint density at radius 2 is 1.48 bits per heavy atom. The van der Waals surface area contributed by atoms with Gasteiger partial charge in [0.05, 0.1) is 6.42 Å². The van der Waals surface area contributed by atoms with Gasteiger partial charge in [0.15, 0.2) is 6.61 Å². The van der Waals surface area contributed by atoms with E-state index in [-0.39, 0.29) is 30.3 Å². The fraction of sp³-hybridized carbons (Fsp3) is 0.870. The first-order valence-corrected chi connectivity index (χ1v) is 11.5. The summed E-state index contributed by atoms with van der Waals surface area (Å²) in [6.45, 7) is 5.87. The predicted octanol–water partition coefficient (Wildman–Crippen LogP) is 2.76. The number of esters is 1. The van der Waals surface area contributed by atoms with Gasteiger partial charge in [0.2, 0.25) is 5.91 Å². The van der Waals surface area contributed by atoms with E-state index in [0.717, 1.165) is 56.5 Å². The maximum atomic E-state index is 12.9. The molecule has 2 amide bonds. The Hall–Kier alpha value is -1.59. The lowest BCUT2D eigenvalue weighted by atomic mass is 9.49. The van der Waals surface area contributed by atoms with Crippen molar-refractivity contribution in [3.05, 3.63) is 0 Å². The number of nitrogens with zero attached hydrogens (tertiary/aromatic N) is 1. The van der Waals surface area contributed by atoms with E-state index in [1.807, 2.05) is 0 Å². The van der Waals surface area contributed by atoms with Gasteiger partial charge in [-0.25, -0.2) is 0 Å². The molecule has 2 atom stereocenters. The molecular formula is C23H36N2O4. The smallest absolute Gasteiger partial charge is 0.308 e. The predicted molar refractivity (Wildman–Crippen MR) is 109 cm³/mol. The maximum Gasteiger partial charge on any atom is 0.308 e. The Labute approximate surface area is 174 Å². The van der Waals surface area contributed by atoms with Gasteiger partial charge in [-0.15, -0.1) is 0 Å². The van der Waals surface area contributed by atoms with E-state index in [0.29, 0.717) is 18.4 Å². The number of carbonyl (C=O) groups is 3. The average molecular weight is 405 g/mol. The van der Waals surface area contributed by atoms with Crippen molar-refractivity contribution in [1.82, 2.24) is 10.2 Å². The highest BCUT2D eigenvalue weighted by Gasteiger charge is 2.54. The highest BCUT2D eigenvalue weighted by molar-refractivity contribution is 5.84. The topological polar surface area (TPSA) is 75.7 Å². The number of nitrogens with one attached hydrogen (secondary N) is 1. The Balaban J connectivity index is 1.17. The second-order valence-corrected chi connectivity index (χ2v) is 10.6. The molecule has 5 aliphatic rings. The van der Waals surface area contributed by atoms with Gasteiger partial charge in [-0.05, 0) is 74.5 Å². The third-order valence-corrected chi connectivity index (χ3v) is 7.71. The molecule has 1 aliphatic heterocycles. The van der Waals surface area contributed by atoms with Gasteiger partial charge < -0.3 is 15.0 Å². The van der Waals surface area contributed by atoms with Crippen LogP contribution in [0, 0.1) is 35.0 Å². The summed E-state index contributed by atoms with van der Waals surface area (Å²) >= 11 is 0. The lowest BCUT2D eigenvalue weighted by Gasteiger charge is -2.55. The number of rotatable bonds is 6. The van der Waals surface area contributed by atoms with Gasteiger partial charge in [-0.2, -0.15) is 0 Å². The highest BCUT2D eigenvalue weighted by Crippen LogP contribution is 2.60. The van der Waals surface area contributed by atoms with Crippen LogP contribution in [0.5, 0.6) is 0 Å². The summed E-state index contributed by atoms with van der Waals surface area (Å²) in [5, 5.41) is 3.00. The van der Waals surface area contributed by atoms with E-state index in [1.54, 1.807) is 4.90 Å². The van der Waals surface area contributed by atoms with E-state index in [9.17, 15) is 14.4 Å². The molecule has 0 aromatic rings. The zero-order chi connectivity index (χ0) is 20.6. The average Bonchev–Trinajstić information content (AvgIpc) is 2.64. The van der Waals surface area contributed by atoms with Gasteiger partial charge in [-0.3, -0.25) is 14.4 Å². The van der Waals surface area contributed by atoms with Crippen molar-refractivity contribution in [3.8, 4) is 0 Å². The molecule has 1 heterocycles. The highest BCUT2D eigenvalue weighted by atomic mass is 16.5. The van der Waals surface area contributed by atoms with Gasteiger partial charge in [-0.1, -0.05) is 13.8 Å². The van der Waals surface area contributed by atoms with Crippen molar-refractivity contribution in [1.29, 1.82) is 0 Å². The molecule has 1 N–H and O–H groups in total. The quantitative estimate of drug-likeness (QED) is 0.691. The van der Waals surface area contributed by atoms with E-state index < -0.39 is 5.97 Å². The molecule has 0 aromatic heterocycles. The molecule has 162 valence electrons. The zero-order valence-electron chi connectivity index (χ0n) is 18.0. The standard InChI is InChI=1S/C23H36N2O4/c1-15-5-16(2)13-25(12-15)20(26)14-29-21(27)3-4-24-22(28)23-9-17-6-18(10-23)8-19(7-17)11-23/h15-19H,3-14H2,1-2H3,(H,24,28). The summed E-state index contributed by atoms with van der Waals surface area (Å²) in [5.41, 5.74) is -0.184. The van der Waals surface area contributed by atoms with Crippen LogP contribution in [-0.4, -0.2) is 48.9 Å². The summed E-state index contributed by atoms with van der Waals surface area (Å²) in [4.78, 5) is 39.1. The molecule has 4 saturated carbocycles. The lowest BCUT2D eigenvalue weighted by molar-refractivity contribution is -0.153. The number of carbonyl (C=O) groups excluding carboxylic acids is 3. The van der Waals surface area contributed by atoms with Crippen LogP contribution in [-0.2, 0) is 19.1 Å². The Bertz CT molecular complexity index is 616. The van der Waals surface area contributed by atoms with Crippen molar-refractivity contribution >= 4 is 17.8 Å². The molecule has 1 saturated heterocycles. The second-order valence-electron chi connectivity index (χ2n) is 10.6. The first-order chi connectivity index (χ1) is 13.8. The first kappa shape index (κ1) is 20.7. The van der Waals surface area contributed by atoms with Crippen LogP contribution in [0.3, 0.4) is 0 Å². The largest absolute Gasteiger partial charge is 0.456 e. The molecule has 2 unspecified atom stereocenters. The van der Waals surface area contributed by atoms with Crippen LogP contribution in [0.1, 0.15) is 65.2 Å². The van der Waals surface area contributed by atoms with Gasteiger partial charge >= 0.3 is 5.97 Å². The third kappa shape index (κ3) is 4.61. The van der Waals surface area contributed by atoms with Crippen LogP contribution >= 0.6 is 0 Å². The number of piperidine rings is 1. The van der Waals surface area contributed by atoms with Crippen molar-refractivity contribution in [2.45, 2.75) is 65.2 Å². The third-order valence-electron chi connectivity index (χ3n) is 7.71. The summed E-state index contributed by atoms with van der Waals surface area (Å²) in [6, 6.07) is 0. The number of hydrogen-bond acceptors (Lipinski definition) is 4. The van der Waals surface area contributed by atoms with Crippen LogP contribution < -0.4 is 5.32 Å². The van der Waals surface area contributed by atoms with Gasteiger partial charge in [0.25, 0.3) is 5.91 Å². The minimum atomic E-state index is -0.415. The van der Waals surface area contributed by atoms with Crippen LogP contribution in [0.25, 0.3) is 0 Å². The first-order valence-electron chi connectivity index (χ1n) is 11.5. The number of likely N-dealkylation sites (tertiary alicyclic amines) is 1. The monoisotopic (exact) mass is 404 g/mol. The van der Waals surface area contributed by atoms with E-state index in [4.69, 9.17) is 4.74 Å². The number of amides is 2. The summed E-state index contributed by atoms with van der Waals surface area (Å²) in [5.74, 6) is 2.75. The zero-order valence-corrected chi connectivity index (χ0v) is 18.0. The molecule has 5 rings (SSSR count). The molecule has 5 fully saturated rings. The van der Waals surface area contributed by atoms with Crippen molar-refractivity contribution < 1.29 is 19.1 Å². The van der Waals surface area contributed by atoms with Crippen LogP contribution in [0.15, 0.2) is 0 Å². The molecule has 0 radical (unpaired) electrons. The molecule has 0 aromatic carbocycles. The fourth-order valence-corrected chi connectivity index (χ4v) is 7.03. The van der Waals surface area contributed by atoms with Gasteiger partial charge in [0.1, 0.15) is 0 Å². The summed E-state index contributed by atoms with van der Waals surface area (Å²) in [6.07, 6.45) is 8.25. The number of hydrogen-bond donors (Lipinski definition) is 1. The fourth-order valence-electron chi connectivity index (χ4n) is 7.03. The second kappa shape index (κ2) is 8.27. The van der Waals surface area contributed by atoms with Crippen LogP contribution in [0.2, 0.25) is 0 Å². The minimum absolute atomic E-state index is 0.116. The van der Waals surface area contributed by atoms with E-state index >= 15 is 0 Å². The van der Waals surface area contributed by atoms with Crippen molar-refractivity contribution in [3.63, 3.8) is 0 Å². The summed E-state index contributed by atoms with van der Waals surface area (Å²) in [7, 11) is 0. The summed E-state index contributed by atoms with van der Waals surface area (Å²) < 4.78 is 5.18. The van der Waals surface area contributed by atoms with Crippen LogP contribution in [0.4, 0.5) is 0 Å². The van der Waals surface area contributed by atoms with E-state index in [2.05, 4.69) is 19.2 Å². The normalized spacial score (nSPS) is 38.0. The van der Waals surface area contributed by atoms with Gasteiger partial charge in [0, 0.05) is 25.0 Å². The Morgan fingerprint density at radius 3 is 2.03 bits per heavy atom. The van der Waals surface area contributed by atoms with E-state index in [1.165, 1.54) is 19.3 Å². The Kier molecular flexibility index (Phi) is 5.90. The van der Waals surface area contributed by atoms with Crippen molar-refractivity contribution in [2.24, 2.45) is 35.0 Å². The number of ether oxygens (including phenoxy) is 1. The maximum absolute atomic E-state index is 12.9. The lowest BCUT2D eigenvalue weighted by Crippen LogP contribution is -2.53.